The van der Waals surface area contributed by atoms with Crippen LogP contribution in [0.5, 0.6) is 5.75 Å². The lowest BCUT2D eigenvalue weighted by Gasteiger charge is -2.07. The summed E-state index contributed by atoms with van der Waals surface area (Å²) in [6, 6.07) is 7.42. The summed E-state index contributed by atoms with van der Waals surface area (Å²) in [5.74, 6) is 0.126. The van der Waals surface area contributed by atoms with Crippen LogP contribution in [0.4, 0.5) is 0 Å². The number of carbonyl (C=O) groups is 1. The molecule has 0 bridgehead atoms. The normalized spacial score (nSPS) is 10.9. The number of hydrogen-bond donors (Lipinski definition) is 0. The second-order valence-corrected chi connectivity index (χ2v) is 3.98. The van der Waals surface area contributed by atoms with Gasteiger partial charge in [-0.1, -0.05) is 44.4 Å². The first-order chi connectivity index (χ1) is 8.58. The molecule has 0 aliphatic heterocycles. The van der Waals surface area contributed by atoms with Crippen LogP contribution in [0.3, 0.4) is 0 Å². The summed E-state index contributed by atoms with van der Waals surface area (Å²) >= 11 is 0. The fraction of sp³-hybridized carbons (Fsp3) is 0.188. The van der Waals surface area contributed by atoms with Crippen molar-refractivity contribution in [1.82, 2.24) is 0 Å². The SMILES string of the molecule is C=C/C=C(\CC)c1ccc(OC(=O)C(=C)C)cc1. The number of allylic oxidation sites excluding steroid dienone is 3. The molecule has 0 aromatic heterocycles. The minimum Gasteiger partial charge on any atom is -0.423 e. The van der Waals surface area contributed by atoms with E-state index >= 15 is 0 Å². The molecule has 0 unspecified atom stereocenters. The molecule has 0 aliphatic carbocycles. The van der Waals surface area contributed by atoms with Gasteiger partial charge < -0.3 is 4.74 Å². The second-order valence-electron chi connectivity index (χ2n) is 3.98. The van der Waals surface area contributed by atoms with E-state index < -0.39 is 5.97 Å². The Bertz CT molecular complexity index is 478. The van der Waals surface area contributed by atoms with E-state index in [1.807, 2.05) is 18.2 Å². The van der Waals surface area contributed by atoms with Crippen molar-refractivity contribution in [3.05, 3.63) is 60.7 Å². The van der Waals surface area contributed by atoms with E-state index in [9.17, 15) is 4.79 Å². The Hall–Kier alpha value is -2.09. The fourth-order valence-electron chi connectivity index (χ4n) is 1.49. The molecule has 0 atom stereocenters. The smallest absolute Gasteiger partial charge is 0.338 e. The Morgan fingerprint density at radius 2 is 1.94 bits per heavy atom. The van der Waals surface area contributed by atoms with Gasteiger partial charge in [-0.15, -0.1) is 0 Å². The van der Waals surface area contributed by atoms with Gasteiger partial charge in [-0.3, -0.25) is 0 Å². The van der Waals surface area contributed by atoms with E-state index in [0.717, 1.165) is 12.0 Å². The highest BCUT2D eigenvalue weighted by molar-refractivity contribution is 5.88. The molecule has 0 amide bonds. The van der Waals surface area contributed by atoms with Gasteiger partial charge in [0.25, 0.3) is 0 Å². The molecule has 0 N–H and O–H groups in total. The Labute approximate surface area is 108 Å². The molecule has 2 nitrogen and oxygen atoms in total. The Balaban J connectivity index is 2.86. The summed E-state index contributed by atoms with van der Waals surface area (Å²) in [6.45, 7) is 10.9. The van der Waals surface area contributed by atoms with Crippen LogP contribution in [0, 0.1) is 0 Å². The maximum absolute atomic E-state index is 11.3. The molecule has 94 valence electrons. The molecular formula is C16H18O2. The number of carbonyl (C=O) groups excluding carboxylic acids is 1. The van der Waals surface area contributed by atoms with Gasteiger partial charge in [-0.05, 0) is 36.6 Å². The zero-order chi connectivity index (χ0) is 13.5. The third-order valence-electron chi connectivity index (χ3n) is 2.48. The summed E-state index contributed by atoms with van der Waals surface area (Å²) in [7, 11) is 0. The van der Waals surface area contributed by atoms with E-state index in [2.05, 4.69) is 20.1 Å². The zero-order valence-electron chi connectivity index (χ0n) is 10.9. The first-order valence-corrected chi connectivity index (χ1v) is 5.88. The highest BCUT2D eigenvalue weighted by Crippen LogP contribution is 2.21. The topological polar surface area (TPSA) is 26.3 Å². The molecule has 0 aliphatic rings. The van der Waals surface area contributed by atoms with Gasteiger partial charge >= 0.3 is 5.97 Å². The number of ether oxygens (including phenoxy) is 1. The summed E-state index contributed by atoms with van der Waals surface area (Å²) in [6.07, 6.45) is 4.68. The maximum atomic E-state index is 11.3. The maximum Gasteiger partial charge on any atom is 0.338 e. The van der Waals surface area contributed by atoms with Crippen molar-refractivity contribution in [1.29, 1.82) is 0 Å². The monoisotopic (exact) mass is 242 g/mol. The first kappa shape index (κ1) is 14.0. The predicted octanol–water partition coefficient (Wildman–Crippen LogP) is 4.15. The average Bonchev–Trinajstić information content (AvgIpc) is 2.37. The van der Waals surface area contributed by atoms with Gasteiger partial charge in [0.2, 0.25) is 0 Å². The molecule has 1 rings (SSSR count). The molecule has 1 aromatic rings. The standard InChI is InChI=1S/C16H18O2/c1-5-7-13(6-2)14-8-10-15(11-9-14)18-16(17)12(3)4/h5,7-11H,1,3,6H2,2,4H3/b13-7+. The summed E-state index contributed by atoms with van der Waals surface area (Å²) in [4.78, 5) is 11.3. The Kier molecular flexibility index (Phi) is 5.12. The number of rotatable bonds is 5. The largest absolute Gasteiger partial charge is 0.423 e. The van der Waals surface area contributed by atoms with E-state index in [-0.39, 0.29) is 0 Å². The van der Waals surface area contributed by atoms with E-state index in [1.165, 1.54) is 5.57 Å². The van der Waals surface area contributed by atoms with Gasteiger partial charge in [0.1, 0.15) is 5.75 Å². The first-order valence-electron chi connectivity index (χ1n) is 5.88. The molecule has 0 saturated heterocycles. The Morgan fingerprint density at radius 3 is 2.39 bits per heavy atom. The van der Waals surface area contributed by atoms with Crippen LogP contribution in [-0.4, -0.2) is 5.97 Å². The van der Waals surface area contributed by atoms with Crippen LogP contribution in [0.25, 0.3) is 5.57 Å². The summed E-state index contributed by atoms with van der Waals surface area (Å²) in [5.41, 5.74) is 2.69. The lowest BCUT2D eigenvalue weighted by atomic mass is 10.0. The predicted molar refractivity (Wildman–Crippen MR) is 75.4 cm³/mol. The molecule has 0 spiro atoms. The van der Waals surface area contributed by atoms with Crippen LogP contribution in [-0.2, 0) is 4.79 Å². The van der Waals surface area contributed by atoms with Crippen molar-refractivity contribution in [3.63, 3.8) is 0 Å². The highest BCUT2D eigenvalue weighted by Gasteiger charge is 2.05. The number of esters is 1. The van der Waals surface area contributed by atoms with Crippen LogP contribution >= 0.6 is 0 Å². The van der Waals surface area contributed by atoms with Crippen molar-refractivity contribution < 1.29 is 9.53 Å². The van der Waals surface area contributed by atoms with Gasteiger partial charge in [0.15, 0.2) is 0 Å². The van der Waals surface area contributed by atoms with Crippen molar-refractivity contribution in [2.45, 2.75) is 20.3 Å². The van der Waals surface area contributed by atoms with Crippen LogP contribution < -0.4 is 4.74 Å². The quantitative estimate of drug-likeness (QED) is 0.335. The van der Waals surface area contributed by atoms with Crippen LogP contribution in [0.1, 0.15) is 25.8 Å². The highest BCUT2D eigenvalue weighted by atomic mass is 16.5. The Morgan fingerprint density at radius 1 is 1.33 bits per heavy atom. The lowest BCUT2D eigenvalue weighted by Crippen LogP contribution is -2.07. The van der Waals surface area contributed by atoms with Crippen LogP contribution in [0.15, 0.2) is 55.1 Å². The van der Waals surface area contributed by atoms with Gasteiger partial charge in [0.05, 0.1) is 0 Å². The molecule has 2 heteroatoms. The molecule has 18 heavy (non-hydrogen) atoms. The summed E-state index contributed by atoms with van der Waals surface area (Å²) in [5, 5.41) is 0. The summed E-state index contributed by atoms with van der Waals surface area (Å²) < 4.78 is 5.13. The minimum atomic E-state index is -0.403. The van der Waals surface area contributed by atoms with Gasteiger partial charge in [-0.25, -0.2) is 4.79 Å². The van der Waals surface area contributed by atoms with Crippen LogP contribution in [0.2, 0.25) is 0 Å². The van der Waals surface area contributed by atoms with Crippen molar-refractivity contribution in [2.24, 2.45) is 0 Å². The average molecular weight is 242 g/mol. The van der Waals surface area contributed by atoms with E-state index in [1.54, 1.807) is 25.1 Å². The van der Waals surface area contributed by atoms with E-state index in [0.29, 0.717) is 11.3 Å². The minimum absolute atomic E-state index is 0.389. The van der Waals surface area contributed by atoms with Gasteiger partial charge in [0, 0.05) is 5.57 Å². The second kappa shape index (κ2) is 6.60. The molecule has 0 radical (unpaired) electrons. The van der Waals surface area contributed by atoms with Crippen molar-refractivity contribution >= 4 is 11.5 Å². The van der Waals surface area contributed by atoms with Gasteiger partial charge in [-0.2, -0.15) is 0 Å². The van der Waals surface area contributed by atoms with Crippen molar-refractivity contribution in [2.75, 3.05) is 0 Å². The lowest BCUT2D eigenvalue weighted by molar-refractivity contribution is -0.130. The molecular weight excluding hydrogens is 224 g/mol. The van der Waals surface area contributed by atoms with Crippen molar-refractivity contribution in [3.8, 4) is 5.75 Å². The molecule has 1 aromatic carbocycles. The zero-order valence-corrected chi connectivity index (χ0v) is 10.9. The molecule has 0 saturated carbocycles. The fourth-order valence-corrected chi connectivity index (χ4v) is 1.49. The molecule has 0 heterocycles. The third-order valence-corrected chi connectivity index (χ3v) is 2.48. The third kappa shape index (κ3) is 3.74. The molecule has 0 fully saturated rings. The number of benzene rings is 1. The number of hydrogen-bond acceptors (Lipinski definition) is 2. The van der Waals surface area contributed by atoms with E-state index in [4.69, 9.17) is 4.74 Å².